The van der Waals surface area contributed by atoms with Gasteiger partial charge in [-0.25, -0.2) is 0 Å². The summed E-state index contributed by atoms with van der Waals surface area (Å²) in [7, 11) is 0. The van der Waals surface area contributed by atoms with Crippen molar-refractivity contribution in [3.05, 3.63) is 59.8 Å². The van der Waals surface area contributed by atoms with Gasteiger partial charge in [-0.3, -0.25) is 9.88 Å². The van der Waals surface area contributed by atoms with Crippen molar-refractivity contribution in [3.8, 4) is 5.75 Å². The molecule has 0 spiro atoms. The Morgan fingerprint density at radius 1 is 1.14 bits per heavy atom. The molecular formula is C26H34N2O. The molecule has 0 saturated carbocycles. The van der Waals surface area contributed by atoms with Crippen LogP contribution in [0.15, 0.2) is 54.1 Å². The summed E-state index contributed by atoms with van der Waals surface area (Å²) >= 11 is 0. The molecule has 1 fully saturated rings. The Bertz CT molecular complexity index is 877. The summed E-state index contributed by atoms with van der Waals surface area (Å²) in [5.74, 6) is 2.55. The van der Waals surface area contributed by atoms with Crippen molar-refractivity contribution in [2.24, 2.45) is 11.8 Å². The highest BCUT2D eigenvalue weighted by Gasteiger charge is 2.20. The smallest absolute Gasteiger partial charge is 0.128 e. The van der Waals surface area contributed by atoms with Crippen molar-refractivity contribution in [3.63, 3.8) is 0 Å². The molecule has 1 aliphatic carbocycles. The van der Waals surface area contributed by atoms with E-state index < -0.39 is 0 Å². The molecule has 29 heavy (non-hydrogen) atoms. The van der Waals surface area contributed by atoms with Gasteiger partial charge in [0.2, 0.25) is 0 Å². The summed E-state index contributed by atoms with van der Waals surface area (Å²) in [5, 5.41) is 1.11. The number of benzene rings is 1. The van der Waals surface area contributed by atoms with E-state index in [1.54, 1.807) is 5.57 Å². The molecule has 2 heterocycles. The number of ether oxygens (including phenoxy) is 1. The van der Waals surface area contributed by atoms with Crippen molar-refractivity contribution in [1.29, 1.82) is 0 Å². The van der Waals surface area contributed by atoms with E-state index in [0.717, 1.165) is 47.3 Å². The molecule has 0 bridgehead atoms. The van der Waals surface area contributed by atoms with Gasteiger partial charge >= 0.3 is 0 Å². The summed E-state index contributed by atoms with van der Waals surface area (Å²) in [6.07, 6.45) is 13.6. The Labute approximate surface area is 175 Å². The fourth-order valence-corrected chi connectivity index (χ4v) is 4.63. The van der Waals surface area contributed by atoms with Gasteiger partial charge in [-0.1, -0.05) is 36.8 Å². The molecule has 1 aliphatic heterocycles. The predicted molar refractivity (Wildman–Crippen MR) is 121 cm³/mol. The average Bonchev–Trinajstić information content (AvgIpc) is 2.75. The maximum Gasteiger partial charge on any atom is 0.128 e. The van der Waals surface area contributed by atoms with Crippen molar-refractivity contribution >= 4 is 10.9 Å². The molecule has 0 amide bonds. The lowest BCUT2D eigenvalue weighted by Gasteiger charge is -2.32. The van der Waals surface area contributed by atoms with E-state index in [9.17, 15) is 0 Å². The van der Waals surface area contributed by atoms with Crippen LogP contribution in [-0.4, -0.2) is 36.1 Å². The first-order chi connectivity index (χ1) is 14.2. The first-order valence-corrected chi connectivity index (χ1v) is 11.3. The average molecular weight is 391 g/mol. The molecule has 3 heteroatoms. The molecule has 1 atom stereocenters. The number of nitrogens with zero attached hydrogens (tertiary/aromatic N) is 2. The highest BCUT2D eigenvalue weighted by atomic mass is 16.5. The molecule has 4 rings (SSSR count). The molecule has 3 nitrogen and oxygen atoms in total. The second-order valence-electron chi connectivity index (χ2n) is 8.66. The Balaban J connectivity index is 1.23. The maximum absolute atomic E-state index is 6.13. The van der Waals surface area contributed by atoms with Crippen LogP contribution < -0.4 is 4.74 Å². The van der Waals surface area contributed by atoms with Crippen LogP contribution in [-0.2, 0) is 0 Å². The normalized spacial score (nSPS) is 20.8. The molecule has 2 aromatic rings. The number of aryl methyl sites for hydroxylation is 1. The van der Waals surface area contributed by atoms with Crippen molar-refractivity contribution < 1.29 is 4.74 Å². The number of aromatic nitrogens is 1. The zero-order chi connectivity index (χ0) is 20.1. The third-order valence-corrected chi connectivity index (χ3v) is 6.47. The third-order valence-electron chi connectivity index (χ3n) is 6.47. The Hall–Kier alpha value is -2.13. The number of allylic oxidation sites excluding steroid dienone is 4. The number of fused-ring (bicyclic) bond motifs is 1. The van der Waals surface area contributed by atoms with Crippen molar-refractivity contribution in [1.82, 2.24) is 9.88 Å². The van der Waals surface area contributed by atoms with E-state index in [4.69, 9.17) is 4.74 Å². The van der Waals surface area contributed by atoms with E-state index in [1.807, 2.05) is 13.0 Å². The van der Waals surface area contributed by atoms with E-state index >= 15 is 0 Å². The van der Waals surface area contributed by atoms with Gasteiger partial charge < -0.3 is 4.74 Å². The number of hydrogen-bond donors (Lipinski definition) is 0. The van der Waals surface area contributed by atoms with Crippen LogP contribution in [0.4, 0.5) is 0 Å². The molecule has 2 aliphatic rings. The molecule has 0 N–H and O–H groups in total. The highest BCUT2D eigenvalue weighted by molar-refractivity contribution is 5.85. The number of pyridine rings is 1. The van der Waals surface area contributed by atoms with Crippen LogP contribution in [0, 0.1) is 18.8 Å². The first-order valence-electron chi connectivity index (χ1n) is 11.3. The maximum atomic E-state index is 6.13. The minimum atomic E-state index is 0.740. The number of rotatable bonds is 7. The largest absolute Gasteiger partial charge is 0.492 e. The molecule has 154 valence electrons. The Morgan fingerprint density at radius 3 is 2.83 bits per heavy atom. The second-order valence-corrected chi connectivity index (χ2v) is 8.66. The molecule has 1 unspecified atom stereocenters. The van der Waals surface area contributed by atoms with Gasteiger partial charge in [0.1, 0.15) is 12.4 Å². The van der Waals surface area contributed by atoms with Gasteiger partial charge in [-0.05, 0) is 88.2 Å². The Morgan fingerprint density at radius 2 is 2.00 bits per heavy atom. The van der Waals surface area contributed by atoms with Crippen LogP contribution >= 0.6 is 0 Å². The molecule has 0 radical (unpaired) electrons. The van der Waals surface area contributed by atoms with Crippen LogP contribution in [0.25, 0.3) is 10.9 Å². The van der Waals surface area contributed by atoms with Crippen LogP contribution in [0.1, 0.15) is 44.7 Å². The fourth-order valence-electron chi connectivity index (χ4n) is 4.63. The quantitative estimate of drug-likeness (QED) is 0.585. The zero-order valence-electron chi connectivity index (χ0n) is 17.9. The second kappa shape index (κ2) is 9.58. The van der Waals surface area contributed by atoms with E-state index in [2.05, 4.69) is 59.3 Å². The van der Waals surface area contributed by atoms with Gasteiger partial charge in [0.05, 0.1) is 5.52 Å². The first kappa shape index (κ1) is 20.2. The van der Waals surface area contributed by atoms with Gasteiger partial charge in [0, 0.05) is 17.6 Å². The monoisotopic (exact) mass is 390 g/mol. The van der Waals surface area contributed by atoms with E-state index in [0.29, 0.717) is 0 Å². The topological polar surface area (TPSA) is 25.4 Å². The number of hydrogen-bond acceptors (Lipinski definition) is 3. The third kappa shape index (κ3) is 5.27. The summed E-state index contributed by atoms with van der Waals surface area (Å²) in [4.78, 5) is 7.16. The minimum Gasteiger partial charge on any atom is -0.492 e. The highest BCUT2D eigenvalue weighted by Crippen LogP contribution is 2.29. The lowest BCUT2D eigenvalue weighted by atomic mass is 9.85. The molecule has 1 saturated heterocycles. The SMILES string of the molecule is CCC1C=C(CC2CCN(CCOc3cccc4nc(C)ccc34)CC2)C=CC1. The summed E-state index contributed by atoms with van der Waals surface area (Å²) in [6.45, 7) is 8.46. The van der Waals surface area contributed by atoms with Crippen LogP contribution in [0.5, 0.6) is 5.75 Å². The number of likely N-dealkylation sites (tertiary alicyclic amines) is 1. The van der Waals surface area contributed by atoms with Crippen LogP contribution in [0.2, 0.25) is 0 Å². The summed E-state index contributed by atoms with van der Waals surface area (Å²) < 4.78 is 6.13. The summed E-state index contributed by atoms with van der Waals surface area (Å²) in [5.41, 5.74) is 3.63. The van der Waals surface area contributed by atoms with Crippen molar-refractivity contribution in [2.45, 2.75) is 46.0 Å². The molecular weight excluding hydrogens is 356 g/mol. The summed E-state index contributed by atoms with van der Waals surface area (Å²) in [6, 6.07) is 10.3. The van der Waals surface area contributed by atoms with E-state index in [1.165, 1.54) is 45.2 Å². The van der Waals surface area contributed by atoms with E-state index in [-0.39, 0.29) is 0 Å². The predicted octanol–water partition coefficient (Wildman–Crippen LogP) is 5.94. The Kier molecular flexibility index (Phi) is 6.66. The van der Waals surface area contributed by atoms with Gasteiger partial charge in [-0.15, -0.1) is 0 Å². The van der Waals surface area contributed by atoms with Crippen LogP contribution in [0.3, 0.4) is 0 Å². The van der Waals surface area contributed by atoms with Gasteiger partial charge in [0.25, 0.3) is 0 Å². The standard InChI is InChI=1S/C26H34N2O/c1-3-21-6-4-7-23(18-21)19-22-12-14-28(15-13-22)16-17-29-26-9-5-8-25-24(26)11-10-20(2)27-25/h4-5,7-11,18,21-22H,3,6,12-17,19H2,1-2H3. The van der Waals surface area contributed by atoms with Crippen molar-refractivity contribution in [2.75, 3.05) is 26.2 Å². The lowest BCUT2D eigenvalue weighted by molar-refractivity contribution is 0.155. The lowest BCUT2D eigenvalue weighted by Crippen LogP contribution is -2.36. The van der Waals surface area contributed by atoms with Gasteiger partial charge in [-0.2, -0.15) is 0 Å². The molecule has 1 aromatic carbocycles. The minimum absolute atomic E-state index is 0.740. The van der Waals surface area contributed by atoms with Gasteiger partial charge in [0.15, 0.2) is 0 Å². The molecule has 1 aromatic heterocycles. The zero-order valence-corrected chi connectivity index (χ0v) is 17.9. The number of piperidine rings is 1. The fraction of sp³-hybridized carbons (Fsp3) is 0.500.